The first-order valence-corrected chi connectivity index (χ1v) is 8.06. The van der Waals surface area contributed by atoms with Crippen LogP contribution in [0.2, 0.25) is 0 Å². The Kier molecular flexibility index (Phi) is 3.51. The number of nitrogens with zero attached hydrogens (tertiary/aromatic N) is 1. The molecule has 1 saturated carbocycles. The fraction of sp³-hybridized carbons (Fsp3) is 0.647. The van der Waals surface area contributed by atoms with Crippen LogP contribution < -0.4 is 5.32 Å². The highest BCUT2D eigenvalue weighted by Crippen LogP contribution is 2.32. The third-order valence-electron chi connectivity index (χ3n) is 4.87. The third kappa shape index (κ3) is 2.76. The van der Waals surface area contributed by atoms with E-state index in [9.17, 15) is 0 Å². The van der Waals surface area contributed by atoms with Crippen molar-refractivity contribution in [3.8, 4) is 0 Å². The van der Waals surface area contributed by atoms with Gasteiger partial charge in [0.15, 0.2) is 0 Å². The summed E-state index contributed by atoms with van der Waals surface area (Å²) in [7, 11) is 0. The number of likely N-dealkylation sites (tertiary alicyclic amines) is 1. The van der Waals surface area contributed by atoms with Gasteiger partial charge in [0.25, 0.3) is 0 Å². The molecule has 1 aromatic carbocycles. The van der Waals surface area contributed by atoms with E-state index in [-0.39, 0.29) is 0 Å². The Bertz CT molecular complexity index is 434. The highest BCUT2D eigenvalue weighted by Gasteiger charge is 2.37. The molecule has 2 heterocycles. The van der Waals surface area contributed by atoms with E-state index in [1.807, 2.05) is 0 Å². The Balaban J connectivity index is 1.50. The van der Waals surface area contributed by atoms with E-state index in [1.165, 1.54) is 31.2 Å². The van der Waals surface area contributed by atoms with Crippen molar-refractivity contribution in [3.63, 3.8) is 0 Å². The lowest BCUT2D eigenvalue weighted by atomic mass is 10.0. The summed E-state index contributed by atoms with van der Waals surface area (Å²) in [5.41, 5.74) is 1.45. The van der Waals surface area contributed by atoms with Crippen molar-refractivity contribution >= 4 is 0 Å². The SMILES string of the molecule is c1ccc(C(CNC2CC2)N2CC3CCC(C2)O3)cc1. The summed E-state index contributed by atoms with van der Waals surface area (Å²) in [4.78, 5) is 2.65. The van der Waals surface area contributed by atoms with Gasteiger partial charge in [-0.15, -0.1) is 0 Å². The molecule has 0 spiro atoms. The molecule has 3 unspecified atom stereocenters. The first kappa shape index (κ1) is 12.8. The van der Waals surface area contributed by atoms with Crippen molar-refractivity contribution in [2.24, 2.45) is 0 Å². The minimum Gasteiger partial charge on any atom is -0.372 e. The maximum Gasteiger partial charge on any atom is 0.0707 e. The number of ether oxygens (including phenoxy) is 1. The summed E-state index contributed by atoms with van der Waals surface area (Å²) >= 11 is 0. The predicted molar refractivity (Wildman–Crippen MR) is 79.7 cm³/mol. The van der Waals surface area contributed by atoms with E-state index in [0.717, 1.165) is 25.7 Å². The zero-order chi connectivity index (χ0) is 13.4. The summed E-state index contributed by atoms with van der Waals surface area (Å²) in [5, 5.41) is 3.72. The van der Waals surface area contributed by atoms with Crippen LogP contribution in [0, 0.1) is 0 Å². The van der Waals surface area contributed by atoms with Crippen LogP contribution in [-0.4, -0.2) is 42.8 Å². The predicted octanol–water partition coefficient (Wildman–Crippen LogP) is 2.34. The highest BCUT2D eigenvalue weighted by atomic mass is 16.5. The Morgan fingerprint density at radius 3 is 2.40 bits per heavy atom. The topological polar surface area (TPSA) is 24.5 Å². The molecule has 2 bridgehead atoms. The number of morpholine rings is 1. The molecule has 3 atom stereocenters. The second kappa shape index (κ2) is 5.47. The molecule has 108 valence electrons. The van der Waals surface area contributed by atoms with Gasteiger partial charge in [0.1, 0.15) is 0 Å². The van der Waals surface area contributed by atoms with Crippen LogP contribution in [0.25, 0.3) is 0 Å². The van der Waals surface area contributed by atoms with E-state index in [2.05, 4.69) is 40.5 Å². The van der Waals surface area contributed by atoms with Gasteiger partial charge in [-0.2, -0.15) is 0 Å². The quantitative estimate of drug-likeness (QED) is 0.890. The van der Waals surface area contributed by atoms with Crippen molar-refractivity contribution in [3.05, 3.63) is 35.9 Å². The van der Waals surface area contributed by atoms with Crippen molar-refractivity contribution in [1.82, 2.24) is 10.2 Å². The standard InChI is InChI=1S/C17H24N2O/c1-2-4-13(5-3-1)17(10-18-14-6-7-14)19-11-15-8-9-16(12-19)20-15/h1-5,14-18H,6-12H2. The molecule has 0 aromatic heterocycles. The molecule has 2 saturated heterocycles. The monoisotopic (exact) mass is 272 g/mol. The molecular weight excluding hydrogens is 248 g/mol. The number of rotatable bonds is 5. The van der Waals surface area contributed by atoms with Crippen LogP contribution in [-0.2, 0) is 4.74 Å². The first-order valence-electron chi connectivity index (χ1n) is 8.06. The van der Waals surface area contributed by atoms with E-state index < -0.39 is 0 Å². The molecule has 3 fully saturated rings. The number of hydrogen-bond acceptors (Lipinski definition) is 3. The second-order valence-corrected chi connectivity index (χ2v) is 6.52. The molecule has 3 nitrogen and oxygen atoms in total. The van der Waals surface area contributed by atoms with Gasteiger partial charge in [-0.1, -0.05) is 30.3 Å². The lowest BCUT2D eigenvalue weighted by Gasteiger charge is -2.38. The molecule has 1 aromatic rings. The Hall–Kier alpha value is -0.900. The fourth-order valence-corrected chi connectivity index (χ4v) is 3.60. The van der Waals surface area contributed by atoms with Crippen molar-refractivity contribution in [1.29, 1.82) is 0 Å². The van der Waals surface area contributed by atoms with E-state index in [0.29, 0.717) is 18.2 Å². The van der Waals surface area contributed by atoms with Gasteiger partial charge >= 0.3 is 0 Å². The summed E-state index contributed by atoms with van der Waals surface area (Å²) in [6.45, 7) is 3.28. The lowest BCUT2D eigenvalue weighted by Crippen LogP contribution is -2.47. The average Bonchev–Trinajstić information content (AvgIpc) is 3.25. The summed E-state index contributed by atoms with van der Waals surface area (Å²) in [6, 6.07) is 12.3. The van der Waals surface area contributed by atoms with Gasteiger partial charge in [-0.3, -0.25) is 4.90 Å². The van der Waals surface area contributed by atoms with Crippen LogP contribution in [0.4, 0.5) is 0 Å². The molecule has 1 aliphatic carbocycles. The van der Waals surface area contributed by atoms with E-state index in [4.69, 9.17) is 4.74 Å². The highest BCUT2D eigenvalue weighted by molar-refractivity contribution is 5.20. The smallest absolute Gasteiger partial charge is 0.0707 e. The van der Waals surface area contributed by atoms with Gasteiger partial charge in [-0.25, -0.2) is 0 Å². The molecule has 20 heavy (non-hydrogen) atoms. The van der Waals surface area contributed by atoms with Crippen LogP contribution in [0.5, 0.6) is 0 Å². The number of nitrogens with one attached hydrogen (secondary N) is 1. The molecule has 3 aliphatic rings. The molecule has 3 heteroatoms. The molecule has 0 amide bonds. The van der Waals surface area contributed by atoms with Crippen molar-refractivity contribution < 1.29 is 4.74 Å². The molecule has 0 radical (unpaired) electrons. The van der Waals surface area contributed by atoms with Crippen molar-refractivity contribution in [2.75, 3.05) is 19.6 Å². The second-order valence-electron chi connectivity index (χ2n) is 6.52. The van der Waals surface area contributed by atoms with Crippen molar-refractivity contribution in [2.45, 2.75) is 50.0 Å². The van der Waals surface area contributed by atoms with Crippen LogP contribution in [0.1, 0.15) is 37.3 Å². The maximum atomic E-state index is 5.99. The van der Waals surface area contributed by atoms with Gasteiger partial charge in [0, 0.05) is 31.7 Å². The Labute approximate surface area is 121 Å². The Morgan fingerprint density at radius 1 is 1.05 bits per heavy atom. The zero-order valence-electron chi connectivity index (χ0n) is 12.0. The summed E-state index contributed by atoms with van der Waals surface area (Å²) < 4.78 is 5.99. The van der Waals surface area contributed by atoms with Gasteiger partial charge in [0.05, 0.1) is 12.2 Å². The first-order chi connectivity index (χ1) is 9.88. The average molecular weight is 272 g/mol. The van der Waals surface area contributed by atoms with E-state index in [1.54, 1.807) is 0 Å². The zero-order valence-corrected chi connectivity index (χ0v) is 12.0. The van der Waals surface area contributed by atoms with Crippen LogP contribution in [0.15, 0.2) is 30.3 Å². The molecule has 2 aliphatic heterocycles. The number of hydrogen-bond donors (Lipinski definition) is 1. The van der Waals surface area contributed by atoms with Crippen LogP contribution >= 0.6 is 0 Å². The van der Waals surface area contributed by atoms with E-state index >= 15 is 0 Å². The third-order valence-corrected chi connectivity index (χ3v) is 4.87. The lowest BCUT2D eigenvalue weighted by molar-refractivity contribution is -0.0531. The minimum atomic E-state index is 0.473. The summed E-state index contributed by atoms with van der Waals surface area (Å²) in [6.07, 6.45) is 6.16. The van der Waals surface area contributed by atoms with Gasteiger partial charge < -0.3 is 10.1 Å². The fourth-order valence-electron chi connectivity index (χ4n) is 3.60. The normalized spacial score (nSPS) is 31.4. The maximum absolute atomic E-state index is 5.99. The molecule has 1 N–H and O–H groups in total. The minimum absolute atomic E-state index is 0.473. The Morgan fingerprint density at radius 2 is 1.75 bits per heavy atom. The number of fused-ring (bicyclic) bond motifs is 2. The van der Waals surface area contributed by atoms with Crippen LogP contribution in [0.3, 0.4) is 0 Å². The number of benzene rings is 1. The molecular formula is C17H24N2O. The summed E-state index contributed by atoms with van der Waals surface area (Å²) in [5.74, 6) is 0. The molecule has 4 rings (SSSR count). The van der Waals surface area contributed by atoms with Gasteiger partial charge in [0.2, 0.25) is 0 Å². The largest absolute Gasteiger partial charge is 0.372 e. The van der Waals surface area contributed by atoms with Gasteiger partial charge in [-0.05, 0) is 31.2 Å².